The average Bonchev–Trinajstić information content (AvgIpc) is 2.74. The fourth-order valence-electron chi connectivity index (χ4n) is 3.34. The fourth-order valence-corrected chi connectivity index (χ4v) is 4.14. The Morgan fingerprint density at radius 3 is 2.64 bits per heavy atom. The fraction of sp³-hybridized carbons (Fsp3) is 0.273. The molecule has 1 aromatic heterocycles. The molecule has 6 heteroatoms. The number of likely N-dealkylation sites (tertiary alicyclic amines) is 1. The average molecular weight is 396 g/mol. The van der Waals surface area contributed by atoms with Gasteiger partial charge >= 0.3 is 0 Å². The SMILES string of the molecule is O=C(CSc1ccc(F)cc1)N1CCC(Oc2cccc3cccnc23)CC1. The van der Waals surface area contributed by atoms with Crippen LogP contribution in [0.15, 0.2) is 65.7 Å². The van der Waals surface area contributed by atoms with Gasteiger partial charge in [-0.05, 0) is 36.4 Å². The minimum atomic E-state index is -0.265. The molecule has 0 unspecified atom stereocenters. The molecule has 1 aliphatic rings. The Balaban J connectivity index is 1.29. The lowest BCUT2D eigenvalue weighted by atomic mass is 10.1. The number of thioether (sulfide) groups is 1. The molecule has 0 spiro atoms. The first-order chi connectivity index (χ1) is 13.7. The summed E-state index contributed by atoms with van der Waals surface area (Å²) in [6.45, 7) is 1.37. The Bertz CT molecular complexity index is 951. The number of fused-ring (bicyclic) bond motifs is 1. The normalized spacial score (nSPS) is 15.0. The van der Waals surface area contributed by atoms with E-state index in [1.165, 1.54) is 23.9 Å². The molecule has 144 valence electrons. The number of carbonyl (C=O) groups excluding carboxylic acids is 1. The van der Waals surface area contributed by atoms with Gasteiger partial charge in [0.05, 0.1) is 5.75 Å². The van der Waals surface area contributed by atoms with Crippen molar-refractivity contribution in [1.29, 1.82) is 0 Å². The van der Waals surface area contributed by atoms with Crippen molar-refractivity contribution >= 4 is 28.6 Å². The predicted octanol–water partition coefficient (Wildman–Crippen LogP) is 4.54. The number of halogens is 1. The Morgan fingerprint density at radius 1 is 1.11 bits per heavy atom. The Labute approximate surface area is 167 Å². The van der Waals surface area contributed by atoms with Gasteiger partial charge in [-0.15, -0.1) is 11.8 Å². The molecule has 2 heterocycles. The van der Waals surface area contributed by atoms with E-state index in [-0.39, 0.29) is 17.8 Å². The summed E-state index contributed by atoms with van der Waals surface area (Å²) in [5.74, 6) is 1.01. The Hall–Kier alpha value is -2.60. The molecular formula is C22H21FN2O2S. The van der Waals surface area contributed by atoms with E-state index in [1.54, 1.807) is 18.3 Å². The van der Waals surface area contributed by atoms with Crippen LogP contribution in [0.4, 0.5) is 4.39 Å². The van der Waals surface area contributed by atoms with Gasteiger partial charge in [-0.25, -0.2) is 4.39 Å². The highest BCUT2D eigenvalue weighted by atomic mass is 32.2. The van der Waals surface area contributed by atoms with Gasteiger partial charge in [0.25, 0.3) is 0 Å². The minimum Gasteiger partial charge on any atom is -0.488 e. The number of hydrogen-bond acceptors (Lipinski definition) is 4. The zero-order chi connectivity index (χ0) is 19.3. The summed E-state index contributed by atoms with van der Waals surface area (Å²) in [7, 11) is 0. The Kier molecular flexibility index (Phi) is 5.76. The van der Waals surface area contributed by atoms with Crippen molar-refractivity contribution in [3.05, 3.63) is 66.6 Å². The van der Waals surface area contributed by atoms with Crippen LogP contribution in [0.1, 0.15) is 12.8 Å². The molecule has 0 atom stereocenters. The Morgan fingerprint density at radius 2 is 1.86 bits per heavy atom. The van der Waals surface area contributed by atoms with E-state index in [4.69, 9.17) is 4.74 Å². The number of benzene rings is 2. The number of pyridine rings is 1. The van der Waals surface area contributed by atoms with Crippen molar-refractivity contribution in [2.45, 2.75) is 23.8 Å². The summed E-state index contributed by atoms with van der Waals surface area (Å²) in [4.78, 5) is 19.7. The summed E-state index contributed by atoms with van der Waals surface area (Å²) >= 11 is 1.44. The number of nitrogens with zero attached hydrogens (tertiary/aromatic N) is 2. The lowest BCUT2D eigenvalue weighted by Gasteiger charge is -2.32. The van der Waals surface area contributed by atoms with Crippen molar-refractivity contribution in [2.24, 2.45) is 0 Å². The van der Waals surface area contributed by atoms with E-state index in [1.807, 2.05) is 35.2 Å². The molecule has 0 aliphatic carbocycles. The maximum Gasteiger partial charge on any atom is 0.232 e. The highest BCUT2D eigenvalue weighted by Crippen LogP contribution is 2.27. The third kappa shape index (κ3) is 4.44. The second kappa shape index (κ2) is 8.61. The van der Waals surface area contributed by atoms with Gasteiger partial charge in [0.15, 0.2) is 0 Å². The second-order valence-corrected chi connectivity index (χ2v) is 7.82. The van der Waals surface area contributed by atoms with Crippen LogP contribution in [0.2, 0.25) is 0 Å². The molecule has 0 N–H and O–H groups in total. The third-order valence-corrected chi connectivity index (χ3v) is 5.86. The molecule has 3 aromatic rings. The van der Waals surface area contributed by atoms with Gasteiger partial charge in [0, 0.05) is 42.4 Å². The van der Waals surface area contributed by atoms with Crippen LogP contribution in [-0.4, -0.2) is 40.7 Å². The molecule has 0 saturated carbocycles. The van der Waals surface area contributed by atoms with E-state index >= 15 is 0 Å². The summed E-state index contributed by atoms with van der Waals surface area (Å²) in [6.07, 6.45) is 3.46. The summed E-state index contributed by atoms with van der Waals surface area (Å²) < 4.78 is 19.2. The highest BCUT2D eigenvalue weighted by Gasteiger charge is 2.24. The first-order valence-corrected chi connectivity index (χ1v) is 10.3. The number of carbonyl (C=O) groups is 1. The molecule has 4 rings (SSSR count). The van der Waals surface area contributed by atoms with Gasteiger partial charge in [-0.2, -0.15) is 0 Å². The van der Waals surface area contributed by atoms with Crippen LogP contribution in [0, 0.1) is 5.82 Å². The van der Waals surface area contributed by atoms with E-state index in [0.29, 0.717) is 18.8 Å². The largest absolute Gasteiger partial charge is 0.488 e. The smallest absolute Gasteiger partial charge is 0.232 e. The molecule has 28 heavy (non-hydrogen) atoms. The van der Waals surface area contributed by atoms with E-state index in [2.05, 4.69) is 4.98 Å². The zero-order valence-electron chi connectivity index (χ0n) is 15.4. The lowest BCUT2D eigenvalue weighted by Crippen LogP contribution is -2.42. The number of aromatic nitrogens is 1. The van der Waals surface area contributed by atoms with Crippen LogP contribution >= 0.6 is 11.8 Å². The van der Waals surface area contributed by atoms with Crippen molar-refractivity contribution in [2.75, 3.05) is 18.8 Å². The second-order valence-electron chi connectivity index (χ2n) is 6.77. The summed E-state index contributed by atoms with van der Waals surface area (Å²) in [5, 5.41) is 1.06. The molecule has 1 amide bonds. The first kappa shape index (κ1) is 18.7. The van der Waals surface area contributed by atoms with Crippen molar-refractivity contribution in [1.82, 2.24) is 9.88 Å². The zero-order valence-corrected chi connectivity index (χ0v) is 16.2. The standard InChI is InChI=1S/C22H21FN2O2S/c23-17-6-8-19(9-7-17)28-15-21(26)25-13-10-18(11-14-25)27-20-5-1-3-16-4-2-12-24-22(16)20/h1-9,12,18H,10-11,13-15H2. The summed E-state index contributed by atoms with van der Waals surface area (Å²) in [6, 6.07) is 16.1. The van der Waals surface area contributed by atoms with Gasteiger partial charge in [-0.3, -0.25) is 9.78 Å². The molecule has 4 nitrogen and oxygen atoms in total. The lowest BCUT2D eigenvalue weighted by molar-refractivity contribution is -0.130. The van der Waals surface area contributed by atoms with E-state index < -0.39 is 0 Å². The summed E-state index contributed by atoms with van der Waals surface area (Å²) in [5.41, 5.74) is 0.874. The topological polar surface area (TPSA) is 42.4 Å². The monoisotopic (exact) mass is 396 g/mol. The maximum atomic E-state index is 13.0. The van der Waals surface area contributed by atoms with Crippen LogP contribution < -0.4 is 4.74 Å². The van der Waals surface area contributed by atoms with Gasteiger partial charge in [0.2, 0.25) is 5.91 Å². The molecule has 0 radical (unpaired) electrons. The number of piperidine rings is 1. The van der Waals surface area contributed by atoms with Crippen LogP contribution in [-0.2, 0) is 4.79 Å². The van der Waals surface area contributed by atoms with Gasteiger partial charge in [0.1, 0.15) is 23.2 Å². The van der Waals surface area contributed by atoms with Crippen LogP contribution in [0.3, 0.4) is 0 Å². The maximum absolute atomic E-state index is 13.0. The van der Waals surface area contributed by atoms with Crippen LogP contribution in [0.25, 0.3) is 10.9 Å². The van der Waals surface area contributed by atoms with Gasteiger partial charge in [-0.1, -0.05) is 18.2 Å². The minimum absolute atomic E-state index is 0.0846. The molecule has 1 fully saturated rings. The van der Waals surface area contributed by atoms with Crippen molar-refractivity contribution < 1.29 is 13.9 Å². The molecular weight excluding hydrogens is 375 g/mol. The number of amides is 1. The van der Waals surface area contributed by atoms with Crippen LogP contribution in [0.5, 0.6) is 5.75 Å². The molecule has 0 bridgehead atoms. The predicted molar refractivity (Wildman–Crippen MR) is 109 cm³/mol. The third-order valence-electron chi connectivity index (χ3n) is 4.86. The molecule has 2 aromatic carbocycles. The van der Waals surface area contributed by atoms with E-state index in [0.717, 1.165) is 34.4 Å². The highest BCUT2D eigenvalue weighted by molar-refractivity contribution is 8.00. The number of para-hydroxylation sites is 1. The van der Waals surface area contributed by atoms with Crippen molar-refractivity contribution in [3.8, 4) is 5.75 Å². The first-order valence-electron chi connectivity index (χ1n) is 9.35. The van der Waals surface area contributed by atoms with Gasteiger partial charge < -0.3 is 9.64 Å². The molecule has 1 aliphatic heterocycles. The molecule has 1 saturated heterocycles. The quantitative estimate of drug-likeness (QED) is 0.594. The van der Waals surface area contributed by atoms with E-state index in [9.17, 15) is 9.18 Å². The number of ether oxygens (including phenoxy) is 1. The number of hydrogen-bond donors (Lipinski definition) is 0. The van der Waals surface area contributed by atoms with Crippen molar-refractivity contribution in [3.63, 3.8) is 0 Å². The number of rotatable bonds is 5.